The van der Waals surface area contributed by atoms with Gasteiger partial charge in [0, 0.05) is 22.8 Å². The lowest BCUT2D eigenvalue weighted by Crippen LogP contribution is -2.17. The average molecular weight is 391 g/mol. The molecule has 0 saturated heterocycles. The van der Waals surface area contributed by atoms with Gasteiger partial charge in [-0.1, -0.05) is 42.5 Å². The molecule has 0 aliphatic rings. The Labute approximate surface area is 165 Å². The lowest BCUT2D eigenvalue weighted by Gasteiger charge is -2.09. The molecule has 4 aromatic rings. The Kier molecular flexibility index (Phi) is 4.90. The van der Waals surface area contributed by atoms with Crippen molar-refractivity contribution in [2.45, 2.75) is 6.42 Å². The van der Waals surface area contributed by atoms with E-state index in [9.17, 15) is 9.59 Å². The molecule has 0 aliphatic carbocycles. The van der Waals surface area contributed by atoms with Crippen LogP contribution in [0.5, 0.6) is 0 Å². The number of methoxy groups -OCH3 is 1. The van der Waals surface area contributed by atoms with Gasteiger partial charge < -0.3 is 10.1 Å². The third-order valence-corrected chi connectivity index (χ3v) is 5.19. The number of rotatable bonds is 5. The topological polar surface area (TPSA) is 72.7 Å². The SMILES string of the molecule is COC(=O)c1ccccc1NC(=O)Cc1csc2nc(-c3ccccc3)cn12. The summed E-state index contributed by atoms with van der Waals surface area (Å²) in [4.78, 5) is 29.9. The highest BCUT2D eigenvalue weighted by atomic mass is 32.1. The first-order chi connectivity index (χ1) is 13.7. The number of thiazole rings is 1. The molecule has 28 heavy (non-hydrogen) atoms. The summed E-state index contributed by atoms with van der Waals surface area (Å²) in [6, 6.07) is 16.7. The number of hydrogen-bond donors (Lipinski definition) is 1. The molecule has 2 heterocycles. The number of carbonyl (C=O) groups excluding carboxylic acids is 2. The molecule has 140 valence electrons. The quantitative estimate of drug-likeness (QED) is 0.521. The lowest BCUT2D eigenvalue weighted by molar-refractivity contribution is -0.115. The van der Waals surface area contributed by atoms with Crippen molar-refractivity contribution in [2.75, 3.05) is 12.4 Å². The fourth-order valence-corrected chi connectivity index (χ4v) is 3.82. The second kappa shape index (κ2) is 7.66. The van der Waals surface area contributed by atoms with Crippen LogP contribution in [0.15, 0.2) is 66.2 Å². The third kappa shape index (κ3) is 3.52. The largest absolute Gasteiger partial charge is 0.465 e. The monoisotopic (exact) mass is 391 g/mol. The number of esters is 1. The number of benzene rings is 2. The van der Waals surface area contributed by atoms with Crippen LogP contribution in [0.25, 0.3) is 16.2 Å². The van der Waals surface area contributed by atoms with Gasteiger partial charge in [-0.3, -0.25) is 9.20 Å². The third-order valence-electron chi connectivity index (χ3n) is 4.30. The Morgan fingerprint density at radius 1 is 1.11 bits per heavy atom. The van der Waals surface area contributed by atoms with Crippen molar-refractivity contribution < 1.29 is 14.3 Å². The van der Waals surface area contributed by atoms with Gasteiger partial charge in [-0.05, 0) is 12.1 Å². The highest BCUT2D eigenvalue weighted by molar-refractivity contribution is 7.15. The Hall–Kier alpha value is -3.45. The molecule has 2 aromatic carbocycles. The van der Waals surface area contributed by atoms with Crippen molar-refractivity contribution in [3.63, 3.8) is 0 Å². The van der Waals surface area contributed by atoms with Gasteiger partial charge >= 0.3 is 5.97 Å². The van der Waals surface area contributed by atoms with Crippen molar-refractivity contribution in [1.82, 2.24) is 9.38 Å². The standard InChI is InChI=1S/C21H17N3O3S/c1-27-20(26)16-9-5-6-10-17(16)22-19(25)11-15-13-28-21-23-18(12-24(15)21)14-7-3-2-4-8-14/h2-10,12-13H,11H2,1H3,(H,22,25). The van der Waals surface area contributed by atoms with Gasteiger partial charge in [0.1, 0.15) is 0 Å². The molecule has 2 aromatic heterocycles. The van der Waals surface area contributed by atoms with E-state index in [0.717, 1.165) is 21.9 Å². The Morgan fingerprint density at radius 2 is 1.86 bits per heavy atom. The first-order valence-electron chi connectivity index (χ1n) is 8.64. The molecule has 0 unspecified atom stereocenters. The number of nitrogens with one attached hydrogen (secondary N) is 1. The van der Waals surface area contributed by atoms with E-state index in [0.29, 0.717) is 11.3 Å². The summed E-state index contributed by atoms with van der Waals surface area (Å²) in [6.07, 6.45) is 2.10. The van der Waals surface area contributed by atoms with Gasteiger partial charge in [-0.15, -0.1) is 11.3 Å². The molecule has 6 nitrogen and oxygen atoms in total. The predicted molar refractivity (Wildman–Crippen MR) is 109 cm³/mol. The molecule has 1 amide bonds. The zero-order valence-corrected chi connectivity index (χ0v) is 15.9. The molecule has 0 atom stereocenters. The summed E-state index contributed by atoms with van der Waals surface area (Å²) in [5.41, 5.74) is 3.48. The molecule has 1 N–H and O–H groups in total. The second-order valence-corrected chi connectivity index (χ2v) is 6.97. The van der Waals surface area contributed by atoms with E-state index in [1.165, 1.54) is 18.4 Å². The predicted octanol–water partition coefficient (Wildman–Crippen LogP) is 4.03. The fraction of sp³-hybridized carbons (Fsp3) is 0.0952. The molecule has 0 fully saturated rings. The summed E-state index contributed by atoms with van der Waals surface area (Å²) in [7, 11) is 1.31. The van der Waals surface area contributed by atoms with Crippen LogP contribution in [-0.2, 0) is 16.0 Å². The number of imidazole rings is 1. The maximum Gasteiger partial charge on any atom is 0.339 e. The minimum atomic E-state index is -0.490. The molecule has 4 rings (SSSR count). The molecule has 0 bridgehead atoms. The Bertz CT molecular complexity index is 1150. The first kappa shape index (κ1) is 17.9. The number of hydrogen-bond acceptors (Lipinski definition) is 5. The van der Waals surface area contributed by atoms with Gasteiger partial charge in [0.05, 0.1) is 30.5 Å². The van der Waals surface area contributed by atoms with E-state index in [1.54, 1.807) is 24.3 Å². The van der Waals surface area contributed by atoms with Crippen LogP contribution in [-0.4, -0.2) is 28.4 Å². The summed E-state index contributed by atoms with van der Waals surface area (Å²) in [6.45, 7) is 0. The van der Waals surface area contributed by atoms with Crippen molar-refractivity contribution in [2.24, 2.45) is 0 Å². The number of carbonyl (C=O) groups is 2. The van der Waals surface area contributed by atoms with Crippen LogP contribution in [0.3, 0.4) is 0 Å². The molecule has 7 heteroatoms. The number of fused-ring (bicyclic) bond motifs is 1. The number of ether oxygens (including phenoxy) is 1. The van der Waals surface area contributed by atoms with Gasteiger partial charge in [0.15, 0.2) is 4.96 Å². The smallest absolute Gasteiger partial charge is 0.339 e. The molecule has 0 aliphatic heterocycles. The van der Waals surface area contributed by atoms with Gasteiger partial charge in [0.2, 0.25) is 5.91 Å². The van der Waals surface area contributed by atoms with Gasteiger partial charge in [-0.25, -0.2) is 9.78 Å². The van der Waals surface area contributed by atoms with Crippen molar-refractivity contribution in [3.8, 4) is 11.3 Å². The summed E-state index contributed by atoms with van der Waals surface area (Å²) >= 11 is 1.49. The van der Waals surface area contributed by atoms with Gasteiger partial charge in [0.25, 0.3) is 0 Å². The first-order valence-corrected chi connectivity index (χ1v) is 9.52. The zero-order valence-electron chi connectivity index (χ0n) is 15.1. The Morgan fingerprint density at radius 3 is 2.64 bits per heavy atom. The van der Waals surface area contributed by atoms with Crippen molar-refractivity contribution in [3.05, 3.63) is 77.4 Å². The molecule has 0 spiro atoms. The maximum absolute atomic E-state index is 12.6. The molecular formula is C21H17N3O3S. The minimum absolute atomic E-state index is 0.167. The van der Waals surface area contributed by atoms with Crippen LogP contribution < -0.4 is 5.32 Å². The molecule has 0 saturated carbocycles. The number of amides is 1. The average Bonchev–Trinajstić information content (AvgIpc) is 3.30. The number of anilines is 1. The maximum atomic E-state index is 12.6. The summed E-state index contributed by atoms with van der Waals surface area (Å²) in [5, 5.41) is 4.72. The number of nitrogens with zero attached hydrogens (tertiary/aromatic N) is 2. The zero-order chi connectivity index (χ0) is 19.5. The van der Waals surface area contributed by atoms with Gasteiger partial charge in [-0.2, -0.15) is 0 Å². The molecule has 0 radical (unpaired) electrons. The van der Waals surface area contributed by atoms with Crippen LogP contribution in [0, 0.1) is 0 Å². The van der Waals surface area contributed by atoms with Crippen molar-refractivity contribution >= 4 is 33.9 Å². The second-order valence-electron chi connectivity index (χ2n) is 6.13. The fourth-order valence-electron chi connectivity index (χ4n) is 2.94. The lowest BCUT2D eigenvalue weighted by atomic mass is 10.1. The summed E-state index contributed by atoms with van der Waals surface area (Å²) < 4.78 is 6.70. The van der Waals surface area contributed by atoms with E-state index in [4.69, 9.17) is 4.74 Å². The Balaban J connectivity index is 1.55. The summed E-state index contributed by atoms with van der Waals surface area (Å²) in [5.74, 6) is -0.707. The number of para-hydroxylation sites is 1. The van der Waals surface area contributed by atoms with E-state index in [2.05, 4.69) is 10.3 Å². The van der Waals surface area contributed by atoms with Crippen molar-refractivity contribution in [1.29, 1.82) is 0 Å². The van der Waals surface area contributed by atoms with E-state index in [1.807, 2.05) is 46.3 Å². The highest BCUT2D eigenvalue weighted by Crippen LogP contribution is 2.24. The van der Waals surface area contributed by atoms with E-state index < -0.39 is 5.97 Å². The minimum Gasteiger partial charge on any atom is -0.465 e. The van der Waals surface area contributed by atoms with E-state index in [-0.39, 0.29) is 12.3 Å². The number of aromatic nitrogens is 2. The van der Waals surface area contributed by atoms with Crippen LogP contribution >= 0.6 is 11.3 Å². The van der Waals surface area contributed by atoms with Crippen LogP contribution in [0.4, 0.5) is 5.69 Å². The van der Waals surface area contributed by atoms with Crippen LogP contribution in [0.2, 0.25) is 0 Å². The van der Waals surface area contributed by atoms with Crippen LogP contribution in [0.1, 0.15) is 16.1 Å². The normalized spacial score (nSPS) is 10.8. The molecular weight excluding hydrogens is 374 g/mol. The highest BCUT2D eigenvalue weighted by Gasteiger charge is 2.16. The van der Waals surface area contributed by atoms with E-state index >= 15 is 0 Å².